The molecule has 0 aliphatic heterocycles. The van der Waals surface area contributed by atoms with Gasteiger partial charge < -0.3 is 9.84 Å². The molecule has 4 nitrogen and oxygen atoms in total. The number of ether oxygens (including phenoxy) is 1. The zero-order valence-corrected chi connectivity index (χ0v) is 13.6. The zero-order chi connectivity index (χ0) is 16.4. The van der Waals surface area contributed by atoms with E-state index in [1.807, 2.05) is 36.6 Å². The van der Waals surface area contributed by atoms with Crippen LogP contribution in [0, 0.1) is 6.92 Å². The van der Waals surface area contributed by atoms with Gasteiger partial charge in [0.2, 0.25) is 0 Å². The van der Waals surface area contributed by atoms with Crippen molar-refractivity contribution in [1.82, 2.24) is 4.98 Å². The molecule has 0 saturated carbocycles. The van der Waals surface area contributed by atoms with E-state index in [0.717, 1.165) is 33.1 Å². The van der Waals surface area contributed by atoms with Crippen LogP contribution in [-0.2, 0) is 0 Å². The van der Waals surface area contributed by atoms with Crippen molar-refractivity contribution in [3.8, 4) is 27.6 Å². The molecule has 1 heterocycles. The first kappa shape index (κ1) is 15.2. The fourth-order valence-electron chi connectivity index (χ4n) is 2.34. The van der Waals surface area contributed by atoms with Crippen LogP contribution >= 0.6 is 11.3 Å². The number of carbonyl (C=O) groups is 1. The normalized spacial score (nSPS) is 10.5. The molecule has 0 unspecified atom stereocenters. The van der Waals surface area contributed by atoms with E-state index in [0.29, 0.717) is 0 Å². The van der Waals surface area contributed by atoms with Crippen LogP contribution in [0.2, 0.25) is 0 Å². The van der Waals surface area contributed by atoms with Crippen molar-refractivity contribution in [3.05, 3.63) is 59.0 Å². The number of hydrogen-bond donors (Lipinski definition) is 1. The summed E-state index contributed by atoms with van der Waals surface area (Å²) in [5.74, 6) is -0.171. The quantitative estimate of drug-likeness (QED) is 0.767. The monoisotopic (exact) mass is 325 g/mol. The molecule has 1 aromatic heterocycles. The first-order valence-electron chi connectivity index (χ1n) is 7.03. The molecule has 0 radical (unpaired) electrons. The van der Waals surface area contributed by atoms with Gasteiger partial charge in [-0.3, -0.25) is 0 Å². The minimum atomic E-state index is -0.941. The number of carboxylic acids is 1. The predicted octanol–water partition coefficient (Wildman–Crippen LogP) is 4.49. The smallest absolute Gasteiger partial charge is 0.335 e. The average molecular weight is 325 g/mol. The van der Waals surface area contributed by atoms with Crippen LogP contribution in [0.1, 0.15) is 15.9 Å². The van der Waals surface area contributed by atoms with Gasteiger partial charge in [-0.1, -0.05) is 23.8 Å². The van der Waals surface area contributed by atoms with Gasteiger partial charge in [0.1, 0.15) is 10.8 Å². The Labute approximate surface area is 138 Å². The molecule has 23 heavy (non-hydrogen) atoms. The number of benzene rings is 2. The highest BCUT2D eigenvalue weighted by Gasteiger charge is 2.12. The number of aryl methyl sites for hydroxylation is 1. The van der Waals surface area contributed by atoms with Gasteiger partial charge in [-0.2, -0.15) is 0 Å². The zero-order valence-electron chi connectivity index (χ0n) is 12.7. The number of carboxylic acid groups (broad SMARTS) is 1. The van der Waals surface area contributed by atoms with Crippen molar-refractivity contribution >= 4 is 17.3 Å². The van der Waals surface area contributed by atoms with Gasteiger partial charge in [0.15, 0.2) is 0 Å². The van der Waals surface area contributed by atoms with Crippen molar-refractivity contribution in [2.45, 2.75) is 6.92 Å². The maximum atomic E-state index is 11.1. The molecule has 0 saturated heterocycles. The summed E-state index contributed by atoms with van der Waals surface area (Å²) in [6.45, 7) is 2.02. The molecular weight excluding hydrogens is 310 g/mol. The van der Waals surface area contributed by atoms with E-state index in [1.165, 1.54) is 11.3 Å². The van der Waals surface area contributed by atoms with Crippen molar-refractivity contribution in [2.75, 3.05) is 7.11 Å². The Morgan fingerprint density at radius 2 is 2.04 bits per heavy atom. The Morgan fingerprint density at radius 1 is 1.22 bits per heavy atom. The van der Waals surface area contributed by atoms with Gasteiger partial charge in [0, 0.05) is 16.5 Å². The Bertz CT molecular complexity index is 870. The molecule has 2 aromatic carbocycles. The summed E-state index contributed by atoms with van der Waals surface area (Å²) >= 11 is 1.48. The number of aromatic nitrogens is 1. The fourth-order valence-corrected chi connectivity index (χ4v) is 3.15. The van der Waals surface area contributed by atoms with Crippen LogP contribution in [0.5, 0.6) is 5.75 Å². The molecule has 1 N–H and O–H groups in total. The minimum Gasteiger partial charge on any atom is -0.496 e. The van der Waals surface area contributed by atoms with Crippen molar-refractivity contribution in [2.24, 2.45) is 0 Å². The summed E-state index contributed by atoms with van der Waals surface area (Å²) in [5.41, 5.74) is 3.94. The maximum Gasteiger partial charge on any atom is 0.335 e. The Hall–Kier alpha value is -2.66. The second-order valence-corrected chi connectivity index (χ2v) is 5.99. The van der Waals surface area contributed by atoms with Crippen LogP contribution in [-0.4, -0.2) is 23.2 Å². The molecule has 116 valence electrons. The second-order valence-electron chi connectivity index (χ2n) is 5.13. The summed E-state index contributed by atoms with van der Waals surface area (Å²) in [7, 11) is 1.64. The number of methoxy groups -OCH3 is 1. The van der Waals surface area contributed by atoms with E-state index < -0.39 is 5.97 Å². The summed E-state index contributed by atoms with van der Waals surface area (Å²) in [6.07, 6.45) is 0. The predicted molar refractivity (Wildman–Crippen MR) is 91.2 cm³/mol. The van der Waals surface area contributed by atoms with Crippen LogP contribution in [0.4, 0.5) is 0 Å². The summed E-state index contributed by atoms with van der Waals surface area (Å²) in [6, 6.07) is 12.8. The summed E-state index contributed by atoms with van der Waals surface area (Å²) in [5, 5.41) is 11.8. The van der Waals surface area contributed by atoms with Crippen molar-refractivity contribution in [3.63, 3.8) is 0 Å². The van der Waals surface area contributed by atoms with Crippen LogP contribution in [0.3, 0.4) is 0 Å². The summed E-state index contributed by atoms with van der Waals surface area (Å²) in [4.78, 5) is 15.7. The molecule has 3 rings (SSSR count). The SMILES string of the molecule is COc1ccc(C)cc1-c1csc(-c2cccc(C(=O)O)c2)n1. The molecule has 0 spiro atoms. The van der Waals surface area contributed by atoms with E-state index in [-0.39, 0.29) is 5.56 Å². The van der Waals surface area contributed by atoms with Gasteiger partial charge in [-0.15, -0.1) is 11.3 Å². The number of nitrogens with zero attached hydrogens (tertiary/aromatic N) is 1. The third-order valence-corrected chi connectivity index (χ3v) is 4.38. The van der Waals surface area contributed by atoms with Crippen molar-refractivity contribution < 1.29 is 14.6 Å². The fraction of sp³-hybridized carbons (Fsp3) is 0.111. The number of thiazole rings is 1. The lowest BCUT2D eigenvalue weighted by Gasteiger charge is -2.07. The number of rotatable bonds is 4. The van der Waals surface area contributed by atoms with E-state index in [9.17, 15) is 4.79 Å². The molecule has 0 aliphatic rings. The lowest BCUT2D eigenvalue weighted by Crippen LogP contribution is -1.95. The minimum absolute atomic E-state index is 0.257. The number of hydrogen-bond acceptors (Lipinski definition) is 4. The van der Waals surface area contributed by atoms with Gasteiger partial charge in [0.25, 0.3) is 0 Å². The molecule has 0 atom stereocenters. The Balaban J connectivity index is 2.03. The van der Waals surface area contributed by atoms with E-state index in [1.54, 1.807) is 25.3 Å². The molecule has 5 heteroatoms. The molecular formula is C18H15NO3S. The highest BCUT2D eigenvalue weighted by atomic mass is 32.1. The van der Waals surface area contributed by atoms with Gasteiger partial charge >= 0.3 is 5.97 Å². The van der Waals surface area contributed by atoms with E-state index in [2.05, 4.69) is 4.98 Å². The topological polar surface area (TPSA) is 59.4 Å². The standard InChI is InChI=1S/C18H15NO3S/c1-11-6-7-16(22-2)14(8-11)15-10-23-17(19-15)12-4-3-5-13(9-12)18(20)21/h3-10H,1-2H3,(H,20,21). The largest absolute Gasteiger partial charge is 0.496 e. The van der Waals surface area contributed by atoms with Gasteiger partial charge in [-0.05, 0) is 31.2 Å². The van der Waals surface area contributed by atoms with Gasteiger partial charge in [-0.25, -0.2) is 9.78 Å². The third kappa shape index (κ3) is 3.10. The Kier molecular flexibility index (Phi) is 4.12. The first-order valence-corrected chi connectivity index (χ1v) is 7.90. The molecule has 3 aromatic rings. The highest BCUT2D eigenvalue weighted by Crippen LogP contribution is 2.34. The van der Waals surface area contributed by atoms with Crippen LogP contribution in [0.15, 0.2) is 47.8 Å². The highest BCUT2D eigenvalue weighted by molar-refractivity contribution is 7.13. The van der Waals surface area contributed by atoms with E-state index in [4.69, 9.17) is 9.84 Å². The molecule has 0 aliphatic carbocycles. The first-order chi connectivity index (χ1) is 11.1. The molecule has 0 amide bonds. The lowest BCUT2D eigenvalue weighted by atomic mass is 10.1. The van der Waals surface area contributed by atoms with Crippen LogP contribution < -0.4 is 4.74 Å². The number of aromatic carboxylic acids is 1. The van der Waals surface area contributed by atoms with E-state index >= 15 is 0 Å². The van der Waals surface area contributed by atoms with Gasteiger partial charge in [0.05, 0.1) is 18.4 Å². The molecule has 0 bridgehead atoms. The average Bonchev–Trinajstić information content (AvgIpc) is 3.05. The van der Waals surface area contributed by atoms with Crippen molar-refractivity contribution in [1.29, 1.82) is 0 Å². The Morgan fingerprint density at radius 3 is 2.78 bits per heavy atom. The third-order valence-electron chi connectivity index (χ3n) is 3.49. The summed E-state index contributed by atoms with van der Waals surface area (Å²) < 4.78 is 5.41. The maximum absolute atomic E-state index is 11.1. The van der Waals surface area contributed by atoms with Crippen LogP contribution in [0.25, 0.3) is 21.8 Å². The second kappa shape index (κ2) is 6.22. The lowest BCUT2D eigenvalue weighted by molar-refractivity contribution is 0.0697. The molecule has 0 fully saturated rings.